The molecule has 0 radical (unpaired) electrons. The Morgan fingerprint density at radius 3 is 2.42 bits per heavy atom. The van der Waals surface area contributed by atoms with Gasteiger partial charge in [-0.2, -0.15) is 0 Å². The minimum Gasteiger partial charge on any atom is -0.384 e. The molecule has 1 aromatic rings. The summed E-state index contributed by atoms with van der Waals surface area (Å²) in [5.74, 6) is 0. The van der Waals surface area contributed by atoms with Gasteiger partial charge >= 0.3 is 0 Å². The minimum atomic E-state index is 0.549. The molecule has 0 saturated carbocycles. The van der Waals surface area contributed by atoms with Crippen LogP contribution in [0.1, 0.15) is 58.1 Å². The van der Waals surface area contributed by atoms with E-state index in [0.29, 0.717) is 6.54 Å². The fraction of sp³-hybridized carbons (Fsp3) is 0.500. The van der Waals surface area contributed by atoms with Crippen LogP contribution in [0.5, 0.6) is 0 Å². The summed E-state index contributed by atoms with van der Waals surface area (Å²) >= 11 is 0. The summed E-state index contributed by atoms with van der Waals surface area (Å²) in [6.45, 7) is 15.5. The quantitative estimate of drug-likeness (QED) is 0.339. The van der Waals surface area contributed by atoms with Gasteiger partial charge in [-0.15, -0.1) is 0 Å². The number of rotatable bonds is 11. The number of hydrogen-bond acceptors (Lipinski definition) is 4. The number of benzene rings is 1. The van der Waals surface area contributed by atoms with Crippen molar-refractivity contribution in [2.45, 2.75) is 53.5 Å². The summed E-state index contributed by atoms with van der Waals surface area (Å²) in [5.41, 5.74) is 9.76. The van der Waals surface area contributed by atoms with Crippen molar-refractivity contribution in [1.29, 1.82) is 0 Å². The number of nitrogens with two attached hydrogens (primary N) is 1. The van der Waals surface area contributed by atoms with E-state index in [1.54, 1.807) is 6.08 Å². The summed E-state index contributed by atoms with van der Waals surface area (Å²) in [5, 5.41) is 3.26. The third-order valence-electron chi connectivity index (χ3n) is 3.47. The van der Waals surface area contributed by atoms with E-state index in [-0.39, 0.29) is 0 Å². The molecule has 1 aromatic carbocycles. The highest BCUT2D eigenvalue weighted by molar-refractivity contribution is 5.99. The van der Waals surface area contributed by atoms with Gasteiger partial charge in [-0.3, -0.25) is 4.99 Å². The first kappa shape index (κ1) is 24.1. The smallest absolute Gasteiger partial charge is 0.0520 e. The molecular formula is C22H37N3O. The van der Waals surface area contributed by atoms with Crippen molar-refractivity contribution in [2.24, 2.45) is 10.7 Å². The Hall–Kier alpha value is -1.91. The van der Waals surface area contributed by atoms with Crippen LogP contribution in [-0.2, 0) is 11.3 Å². The molecule has 0 aromatic heterocycles. The summed E-state index contributed by atoms with van der Waals surface area (Å²) < 4.78 is 5.13. The first-order valence-corrected chi connectivity index (χ1v) is 9.60. The van der Waals surface area contributed by atoms with Crippen LogP contribution >= 0.6 is 0 Å². The van der Waals surface area contributed by atoms with E-state index in [1.165, 1.54) is 0 Å². The first-order chi connectivity index (χ1) is 12.6. The highest BCUT2D eigenvalue weighted by Gasteiger charge is 1.98. The average molecular weight is 360 g/mol. The van der Waals surface area contributed by atoms with Crippen LogP contribution in [-0.4, -0.2) is 25.5 Å². The zero-order valence-corrected chi connectivity index (χ0v) is 17.1. The van der Waals surface area contributed by atoms with Crippen LogP contribution in [0.25, 0.3) is 0 Å². The first-order valence-electron chi connectivity index (χ1n) is 9.60. The Balaban J connectivity index is 0.000000758. The summed E-state index contributed by atoms with van der Waals surface area (Å²) in [4.78, 5) is 4.47. The van der Waals surface area contributed by atoms with Crippen molar-refractivity contribution in [2.75, 3.05) is 19.8 Å². The third-order valence-corrected chi connectivity index (χ3v) is 3.47. The lowest BCUT2D eigenvalue weighted by Gasteiger charge is -2.05. The maximum absolute atomic E-state index is 5.64. The van der Waals surface area contributed by atoms with Crippen molar-refractivity contribution < 1.29 is 4.74 Å². The molecule has 0 spiro atoms. The molecule has 0 heterocycles. The van der Waals surface area contributed by atoms with Crippen molar-refractivity contribution in [1.82, 2.24) is 5.32 Å². The monoisotopic (exact) mass is 359 g/mol. The molecule has 146 valence electrons. The molecule has 0 fully saturated rings. The Bertz CT molecular complexity index is 546. The lowest BCUT2D eigenvalue weighted by atomic mass is 10.1. The minimum absolute atomic E-state index is 0.549. The largest absolute Gasteiger partial charge is 0.384 e. The van der Waals surface area contributed by atoms with Gasteiger partial charge in [0.05, 0.1) is 11.9 Å². The fourth-order valence-electron chi connectivity index (χ4n) is 1.99. The van der Waals surface area contributed by atoms with E-state index >= 15 is 0 Å². The molecule has 0 aliphatic carbocycles. The second-order valence-electron chi connectivity index (χ2n) is 5.95. The maximum Gasteiger partial charge on any atom is 0.0520 e. The van der Waals surface area contributed by atoms with E-state index in [4.69, 9.17) is 10.5 Å². The predicted molar refractivity (Wildman–Crippen MR) is 115 cm³/mol. The molecule has 0 aliphatic heterocycles. The highest BCUT2D eigenvalue weighted by Crippen LogP contribution is 2.07. The fourth-order valence-corrected chi connectivity index (χ4v) is 1.99. The van der Waals surface area contributed by atoms with Crippen molar-refractivity contribution in [3.05, 3.63) is 59.9 Å². The van der Waals surface area contributed by atoms with Crippen LogP contribution in [0.3, 0.4) is 0 Å². The topological polar surface area (TPSA) is 59.6 Å². The standard InChI is InChI=1S/C16H23N3.C6H14O/c1-4-9-18-16(5-2)12-19-13(3)15-8-6-7-14(10-15)11-17;1-3-5-7-6-4-2/h5-8,10,12,18H,2,4,9,11,17H2,1,3H3;3-6H2,1-2H3/b16-12+,19-13?;. The van der Waals surface area contributed by atoms with Crippen LogP contribution < -0.4 is 11.1 Å². The van der Waals surface area contributed by atoms with E-state index in [1.807, 2.05) is 31.3 Å². The summed E-state index contributed by atoms with van der Waals surface area (Å²) in [6.07, 6.45) is 6.95. The molecule has 0 amide bonds. The van der Waals surface area contributed by atoms with Gasteiger partial charge in [0.2, 0.25) is 0 Å². The lowest BCUT2D eigenvalue weighted by Crippen LogP contribution is -2.12. The Morgan fingerprint density at radius 1 is 1.19 bits per heavy atom. The van der Waals surface area contributed by atoms with Gasteiger partial charge in [0, 0.05) is 32.0 Å². The molecule has 26 heavy (non-hydrogen) atoms. The number of nitrogens with one attached hydrogen (secondary N) is 1. The molecule has 0 aliphatic rings. The molecule has 0 bridgehead atoms. The second-order valence-corrected chi connectivity index (χ2v) is 5.95. The van der Waals surface area contributed by atoms with Gasteiger partial charge in [-0.05, 0) is 49.5 Å². The molecule has 0 atom stereocenters. The molecule has 1 rings (SSSR count). The average Bonchev–Trinajstić information content (AvgIpc) is 2.69. The predicted octanol–water partition coefficient (Wildman–Crippen LogP) is 4.80. The Morgan fingerprint density at radius 2 is 1.88 bits per heavy atom. The molecule has 0 saturated heterocycles. The van der Waals surface area contributed by atoms with Crippen LogP contribution in [0.4, 0.5) is 0 Å². The van der Waals surface area contributed by atoms with E-state index in [2.05, 4.69) is 43.7 Å². The van der Waals surface area contributed by atoms with E-state index < -0.39 is 0 Å². The number of ether oxygens (including phenoxy) is 1. The van der Waals surface area contributed by atoms with Crippen LogP contribution in [0.15, 0.2) is 53.8 Å². The third kappa shape index (κ3) is 11.6. The number of allylic oxidation sites excluding steroid dienone is 1. The zero-order valence-electron chi connectivity index (χ0n) is 17.1. The molecule has 4 nitrogen and oxygen atoms in total. The van der Waals surface area contributed by atoms with Crippen molar-refractivity contribution >= 4 is 5.71 Å². The Kier molecular flexibility index (Phi) is 15.3. The highest BCUT2D eigenvalue weighted by atomic mass is 16.5. The summed E-state index contributed by atoms with van der Waals surface area (Å²) in [6, 6.07) is 8.13. The normalized spacial score (nSPS) is 11.6. The van der Waals surface area contributed by atoms with E-state index in [9.17, 15) is 0 Å². The van der Waals surface area contributed by atoms with Crippen LogP contribution in [0, 0.1) is 0 Å². The summed E-state index contributed by atoms with van der Waals surface area (Å²) in [7, 11) is 0. The second kappa shape index (κ2) is 16.6. The van der Waals surface area contributed by atoms with Crippen molar-refractivity contribution in [3.63, 3.8) is 0 Å². The van der Waals surface area contributed by atoms with Crippen molar-refractivity contribution in [3.8, 4) is 0 Å². The van der Waals surface area contributed by atoms with E-state index in [0.717, 1.165) is 61.6 Å². The number of hydrogen-bond donors (Lipinski definition) is 2. The maximum atomic E-state index is 5.64. The van der Waals surface area contributed by atoms with Gasteiger partial charge in [0.1, 0.15) is 0 Å². The molecular weight excluding hydrogens is 322 g/mol. The molecule has 4 heteroatoms. The van der Waals surface area contributed by atoms with Gasteiger partial charge in [-0.1, -0.05) is 45.5 Å². The Labute approximate surface area is 160 Å². The lowest BCUT2D eigenvalue weighted by molar-refractivity contribution is 0.135. The zero-order chi connectivity index (χ0) is 19.6. The van der Waals surface area contributed by atoms with Gasteiger partial charge in [0.15, 0.2) is 0 Å². The van der Waals surface area contributed by atoms with Gasteiger partial charge in [-0.25, -0.2) is 0 Å². The molecule has 3 N–H and O–H groups in total. The van der Waals surface area contributed by atoms with Crippen LogP contribution in [0.2, 0.25) is 0 Å². The SMILES string of the molecule is C=C/C(=C\N=C(C)c1cccc(CN)c1)NCCC.CCCOCCC. The number of nitrogens with zero attached hydrogens (tertiary/aromatic N) is 1. The van der Waals surface area contributed by atoms with Gasteiger partial charge in [0.25, 0.3) is 0 Å². The van der Waals surface area contributed by atoms with Gasteiger partial charge < -0.3 is 15.8 Å². The molecule has 0 unspecified atom stereocenters. The number of aliphatic imine (C=N–C) groups is 1.